The van der Waals surface area contributed by atoms with Gasteiger partial charge in [-0.1, -0.05) is 5.21 Å². The van der Waals surface area contributed by atoms with Gasteiger partial charge >= 0.3 is 0 Å². The van der Waals surface area contributed by atoms with Gasteiger partial charge in [-0.05, 0) is 0 Å². The Morgan fingerprint density at radius 2 is 2.17 bits per heavy atom. The summed E-state index contributed by atoms with van der Waals surface area (Å²) in [5.41, 5.74) is 0.688. The first-order valence-corrected chi connectivity index (χ1v) is 3.41. The van der Waals surface area contributed by atoms with Crippen molar-refractivity contribution in [3.63, 3.8) is 0 Å². The van der Waals surface area contributed by atoms with Crippen molar-refractivity contribution in [2.75, 3.05) is 0 Å². The minimum atomic E-state index is -0.132. The summed E-state index contributed by atoms with van der Waals surface area (Å²) in [6, 6.07) is 0. The molecule has 0 aromatic carbocycles. The van der Waals surface area contributed by atoms with Gasteiger partial charge in [0.15, 0.2) is 5.52 Å². The molecule has 6 nitrogen and oxygen atoms in total. The number of nitrogens with zero attached hydrogens (tertiary/aromatic N) is 5. The average molecular weight is 165 g/mol. The molecule has 0 radical (unpaired) electrons. The average Bonchev–Trinajstić information content (AvgIpc) is 2.41. The number of rotatable bonds is 0. The molecule has 0 amide bonds. The van der Waals surface area contributed by atoms with Gasteiger partial charge in [-0.3, -0.25) is 4.79 Å². The highest BCUT2D eigenvalue weighted by Gasteiger charge is 2.06. The third-order valence-electron chi connectivity index (χ3n) is 1.69. The first-order chi connectivity index (χ1) is 5.70. The van der Waals surface area contributed by atoms with Crippen LogP contribution in [0.3, 0.4) is 0 Å². The molecule has 2 rings (SSSR count). The van der Waals surface area contributed by atoms with Gasteiger partial charge in [-0.15, -0.1) is 5.10 Å². The summed E-state index contributed by atoms with van der Waals surface area (Å²) in [6.45, 7) is 0. The van der Waals surface area contributed by atoms with Crippen molar-refractivity contribution in [1.82, 2.24) is 24.5 Å². The molecule has 0 N–H and O–H groups in total. The number of hydrogen-bond donors (Lipinski definition) is 0. The molecule has 6 heteroatoms. The lowest BCUT2D eigenvalue weighted by Gasteiger charge is -1.94. The van der Waals surface area contributed by atoms with E-state index in [2.05, 4.69) is 15.3 Å². The Morgan fingerprint density at radius 1 is 1.42 bits per heavy atom. The Labute approximate surface area is 67.4 Å². The minimum absolute atomic E-state index is 0.132. The zero-order chi connectivity index (χ0) is 8.72. The minimum Gasteiger partial charge on any atom is -0.300 e. The molecule has 2 aromatic heterocycles. The van der Waals surface area contributed by atoms with Gasteiger partial charge in [0.05, 0.1) is 6.33 Å². The molecule has 0 unspecified atom stereocenters. The summed E-state index contributed by atoms with van der Waals surface area (Å²) in [5.74, 6) is 0. The largest absolute Gasteiger partial charge is 0.300 e. The lowest BCUT2D eigenvalue weighted by Crippen LogP contribution is -2.18. The zero-order valence-corrected chi connectivity index (χ0v) is 6.72. The third-order valence-corrected chi connectivity index (χ3v) is 1.69. The van der Waals surface area contributed by atoms with Crippen LogP contribution in [0.2, 0.25) is 0 Å². The van der Waals surface area contributed by atoms with Gasteiger partial charge in [-0.25, -0.2) is 9.67 Å². The number of fused-ring (bicyclic) bond motifs is 1. The molecule has 0 aliphatic rings. The van der Waals surface area contributed by atoms with Gasteiger partial charge in [0.1, 0.15) is 0 Å². The van der Waals surface area contributed by atoms with E-state index in [9.17, 15) is 4.79 Å². The second kappa shape index (κ2) is 2.13. The molecule has 62 valence electrons. The van der Waals surface area contributed by atoms with Crippen LogP contribution in [0.1, 0.15) is 0 Å². The van der Waals surface area contributed by atoms with Crippen LogP contribution in [0.15, 0.2) is 11.1 Å². The van der Waals surface area contributed by atoms with Gasteiger partial charge in [0, 0.05) is 14.1 Å². The molecule has 0 aliphatic heterocycles. The van der Waals surface area contributed by atoms with E-state index in [1.54, 1.807) is 14.1 Å². The van der Waals surface area contributed by atoms with Crippen molar-refractivity contribution in [3.8, 4) is 0 Å². The van der Waals surface area contributed by atoms with Gasteiger partial charge in [0.2, 0.25) is 5.65 Å². The van der Waals surface area contributed by atoms with E-state index in [1.165, 1.54) is 15.6 Å². The standard InChI is InChI=1S/C6H7N5O/c1-10-3-7-5-4(6(10)12)11(2)9-8-5/h3H,1-2H3. The first kappa shape index (κ1) is 6.96. The molecular formula is C6H7N5O. The number of aryl methyl sites for hydroxylation is 2. The van der Waals surface area contributed by atoms with Crippen LogP contribution in [0.4, 0.5) is 0 Å². The highest BCUT2D eigenvalue weighted by atomic mass is 16.1. The normalized spacial score (nSPS) is 10.8. The molecule has 0 fully saturated rings. The summed E-state index contributed by atoms with van der Waals surface area (Å²) >= 11 is 0. The molecule has 0 saturated heterocycles. The van der Waals surface area contributed by atoms with Crippen LogP contribution in [0.25, 0.3) is 11.2 Å². The van der Waals surface area contributed by atoms with Crippen molar-refractivity contribution in [2.24, 2.45) is 14.1 Å². The number of hydrogen-bond acceptors (Lipinski definition) is 4. The Morgan fingerprint density at radius 3 is 2.92 bits per heavy atom. The van der Waals surface area contributed by atoms with Crippen LogP contribution >= 0.6 is 0 Å². The van der Waals surface area contributed by atoms with E-state index in [1.807, 2.05) is 0 Å². The second-order valence-corrected chi connectivity index (χ2v) is 2.55. The molecule has 0 bridgehead atoms. The van der Waals surface area contributed by atoms with Crippen LogP contribution < -0.4 is 5.56 Å². The maximum absolute atomic E-state index is 11.4. The lowest BCUT2D eigenvalue weighted by atomic mass is 10.5. The predicted molar refractivity (Wildman–Crippen MR) is 41.5 cm³/mol. The molecule has 0 aliphatic carbocycles. The second-order valence-electron chi connectivity index (χ2n) is 2.55. The monoisotopic (exact) mass is 165 g/mol. The van der Waals surface area contributed by atoms with Gasteiger partial charge in [0.25, 0.3) is 5.56 Å². The van der Waals surface area contributed by atoms with E-state index in [4.69, 9.17) is 0 Å². The quantitative estimate of drug-likeness (QED) is 0.505. The SMILES string of the molecule is Cn1cnc2nnn(C)c2c1=O. The van der Waals surface area contributed by atoms with Crippen molar-refractivity contribution in [1.29, 1.82) is 0 Å². The molecule has 0 saturated carbocycles. The maximum atomic E-state index is 11.4. The number of aromatic nitrogens is 5. The Bertz CT molecular complexity index is 482. The fourth-order valence-corrected chi connectivity index (χ4v) is 1.03. The summed E-state index contributed by atoms with van der Waals surface area (Å²) < 4.78 is 2.82. The van der Waals surface area contributed by atoms with Crippen molar-refractivity contribution < 1.29 is 0 Å². The Kier molecular flexibility index (Phi) is 1.24. The van der Waals surface area contributed by atoms with E-state index in [0.29, 0.717) is 11.2 Å². The molecular weight excluding hydrogens is 158 g/mol. The van der Waals surface area contributed by atoms with Crippen LogP contribution in [-0.4, -0.2) is 24.5 Å². The van der Waals surface area contributed by atoms with E-state index in [0.717, 1.165) is 0 Å². The highest BCUT2D eigenvalue weighted by Crippen LogP contribution is 1.97. The third kappa shape index (κ3) is 0.744. The van der Waals surface area contributed by atoms with Gasteiger partial charge in [-0.2, -0.15) is 0 Å². The summed E-state index contributed by atoms with van der Waals surface area (Å²) in [4.78, 5) is 15.4. The predicted octanol–water partition coefficient (Wildman–Crippen LogP) is -0.938. The fraction of sp³-hybridized carbons (Fsp3) is 0.333. The van der Waals surface area contributed by atoms with Crippen LogP contribution in [0, 0.1) is 0 Å². The van der Waals surface area contributed by atoms with E-state index >= 15 is 0 Å². The van der Waals surface area contributed by atoms with E-state index < -0.39 is 0 Å². The van der Waals surface area contributed by atoms with Crippen molar-refractivity contribution in [3.05, 3.63) is 16.7 Å². The summed E-state index contributed by atoms with van der Waals surface area (Å²) in [7, 11) is 3.31. The van der Waals surface area contributed by atoms with E-state index in [-0.39, 0.29) is 5.56 Å². The topological polar surface area (TPSA) is 65.6 Å². The molecule has 2 heterocycles. The summed E-state index contributed by atoms with van der Waals surface area (Å²) in [5, 5.41) is 7.40. The lowest BCUT2D eigenvalue weighted by molar-refractivity contribution is 0.729. The van der Waals surface area contributed by atoms with Crippen LogP contribution in [-0.2, 0) is 14.1 Å². The van der Waals surface area contributed by atoms with Crippen molar-refractivity contribution >= 4 is 11.2 Å². The summed E-state index contributed by atoms with van der Waals surface area (Å²) in [6.07, 6.45) is 1.43. The Hall–Kier alpha value is -1.72. The highest BCUT2D eigenvalue weighted by molar-refractivity contribution is 5.67. The molecule has 12 heavy (non-hydrogen) atoms. The molecule has 2 aromatic rings. The zero-order valence-electron chi connectivity index (χ0n) is 6.72. The van der Waals surface area contributed by atoms with Crippen LogP contribution in [0.5, 0.6) is 0 Å². The first-order valence-electron chi connectivity index (χ1n) is 3.41. The fourth-order valence-electron chi connectivity index (χ4n) is 1.03. The smallest absolute Gasteiger partial charge is 0.280 e. The van der Waals surface area contributed by atoms with Crippen molar-refractivity contribution in [2.45, 2.75) is 0 Å². The molecule has 0 atom stereocenters. The van der Waals surface area contributed by atoms with Gasteiger partial charge < -0.3 is 4.57 Å². The Balaban J connectivity index is 3.06. The molecule has 0 spiro atoms. The maximum Gasteiger partial charge on any atom is 0.280 e.